The molecule has 0 bridgehead atoms. The van der Waals surface area contributed by atoms with E-state index in [1.54, 1.807) is 31.2 Å². The number of imide groups is 1. The van der Waals surface area contributed by atoms with Crippen molar-refractivity contribution in [2.24, 2.45) is 9.98 Å². The van der Waals surface area contributed by atoms with Crippen LogP contribution in [0.5, 0.6) is 0 Å². The Kier molecular flexibility index (Phi) is 3.54. The van der Waals surface area contributed by atoms with Gasteiger partial charge in [-0.1, -0.05) is 23.3 Å². The average molecular weight is 299 g/mol. The van der Waals surface area contributed by atoms with Crippen LogP contribution in [-0.4, -0.2) is 40.9 Å². The van der Waals surface area contributed by atoms with E-state index < -0.39 is 23.8 Å². The smallest absolute Gasteiger partial charge is 0.330 e. The Morgan fingerprint density at radius 1 is 1.36 bits per heavy atom. The first kappa shape index (κ1) is 14.1. The Morgan fingerprint density at radius 2 is 2.14 bits per heavy atom. The maximum Gasteiger partial charge on any atom is 0.335 e. The van der Waals surface area contributed by atoms with Crippen LogP contribution in [0.25, 0.3) is 0 Å². The topological polar surface area (TPSA) is 88.4 Å². The predicted octanol–water partition coefficient (Wildman–Crippen LogP) is 0.931. The van der Waals surface area contributed by atoms with Crippen LogP contribution in [0.2, 0.25) is 0 Å². The highest BCUT2D eigenvalue weighted by Crippen LogP contribution is 2.20. The zero-order valence-electron chi connectivity index (χ0n) is 11.9. The van der Waals surface area contributed by atoms with E-state index in [1.165, 1.54) is 6.34 Å². The first-order valence-corrected chi connectivity index (χ1v) is 6.78. The molecular weight excluding hydrogens is 286 g/mol. The highest BCUT2D eigenvalue weighted by molar-refractivity contribution is 6.09. The van der Waals surface area contributed by atoms with Gasteiger partial charge in [0.15, 0.2) is 0 Å². The van der Waals surface area contributed by atoms with Crippen molar-refractivity contribution in [2.75, 3.05) is 0 Å². The molecule has 1 aromatic carbocycles. The quantitative estimate of drug-likeness (QED) is 0.777. The molecule has 0 spiro atoms. The summed E-state index contributed by atoms with van der Waals surface area (Å²) in [5.74, 6) is -1.88. The molecule has 2 aliphatic rings. The Morgan fingerprint density at radius 3 is 2.86 bits per heavy atom. The number of hydroxylamine groups is 2. The van der Waals surface area contributed by atoms with E-state index in [1.807, 2.05) is 0 Å². The summed E-state index contributed by atoms with van der Waals surface area (Å²) in [7, 11) is 0. The molecule has 1 aromatic rings. The fraction of sp³-hybridized carbons (Fsp3) is 0.267. The average Bonchev–Trinajstić information content (AvgIpc) is 2.89. The fourth-order valence-corrected chi connectivity index (χ4v) is 2.33. The first-order chi connectivity index (χ1) is 10.6. The van der Waals surface area contributed by atoms with Crippen LogP contribution in [0.3, 0.4) is 0 Å². The molecule has 7 heteroatoms. The molecule has 2 aliphatic heterocycles. The van der Waals surface area contributed by atoms with Gasteiger partial charge in [-0.2, -0.15) is 0 Å². The largest absolute Gasteiger partial charge is 0.335 e. The molecule has 1 atom stereocenters. The number of carbonyl (C=O) groups excluding carboxylic acids is 3. The molecule has 3 rings (SSSR count). The zero-order valence-corrected chi connectivity index (χ0v) is 11.9. The highest BCUT2D eigenvalue weighted by atomic mass is 16.7. The summed E-state index contributed by atoms with van der Waals surface area (Å²) >= 11 is 0. The van der Waals surface area contributed by atoms with E-state index in [0.29, 0.717) is 21.9 Å². The van der Waals surface area contributed by atoms with Crippen molar-refractivity contribution < 1.29 is 19.2 Å². The lowest BCUT2D eigenvalue weighted by Gasteiger charge is -2.25. The van der Waals surface area contributed by atoms with E-state index in [4.69, 9.17) is 4.84 Å². The van der Waals surface area contributed by atoms with Crippen LogP contribution < -0.4 is 0 Å². The highest BCUT2D eigenvalue weighted by Gasteiger charge is 2.34. The molecule has 2 amide bonds. The molecule has 0 saturated heterocycles. The van der Waals surface area contributed by atoms with Crippen molar-refractivity contribution in [1.82, 2.24) is 5.06 Å². The van der Waals surface area contributed by atoms with E-state index >= 15 is 0 Å². The van der Waals surface area contributed by atoms with Crippen LogP contribution in [0, 0.1) is 0 Å². The number of hydrogen-bond acceptors (Lipinski definition) is 6. The normalized spacial score (nSPS) is 20.0. The van der Waals surface area contributed by atoms with Gasteiger partial charge in [0, 0.05) is 11.3 Å². The van der Waals surface area contributed by atoms with Gasteiger partial charge >= 0.3 is 5.97 Å². The van der Waals surface area contributed by atoms with Crippen molar-refractivity contribution in [2.45, 2.75) is 25.8 Å². The number of rotatable bonds is 3. The number of aliphatic imine (C=N–C) groups is 2. The van der Waals surface area contributed by atoms with Gasteiger partial charge in [0.05, 0.1) is 12.8 Å². The lowest BCUT2D eigenvalue weighted by Crippen LogP contribution is -2.44. The number of benzene rings is 1. The van der Waals surface area contributed by atoms with Crippen LogP contribution in [0.15, 0.2) is 34.3 Å². The lowest BCUT2D eigenvalue weighted by molar-refractivity contribution is -0.187. The fourth-order valence-electron chi connectivity index (χ4n) is 2.33. The summed E-state index contributed by atoms with van der Waals surface area (Å²) in [6.45, 7) is 1.75. The summed E-state index contributed by atoms with van der Waals surface area (Å²) < 4.78 is 0. The van der Waals surface area contributed by atoms with Crippen molar-refractivity contribution >= 4 is 29.8 Å². The molecule has 0 N–H and O–H groups in total. The van der Waals surface area contributed by atoms with Crippen molar-refractivity contribution in [3.05, 3.63) is 35.4 Å². The second-order valence-electron chi connectivity index (χ2n) is 5.05. The number of hydrogen-bond donors (Lipinski definition) is 0. The third kappa shape index (κ3) is 2.52. The molecule has 22 heavy (non-hydrogen) atoms. The second-order valence-corrected chi connectivity index (χ2v) is 5.05. The van der Waals surface area contributed by atoms with Crippen LogP contribution >= 0.6 is 0 Å². The summed E-state index contributed by atoms with van der Waals surface area (Å²) in [6, 6.07) is 6.36. The van der Waals surface area contributed by atoms with Crippen LogP contribution in [-0.2, 0) is 20.8 Å². The molecule has 0 aromatic heterocycles. The minimum atomic E-state index is -0.695. The molecule has 0 aliphatic carbocycles. The molecule has 112 valence electrons. The van der Waals surface area contributed by atoms with E-state index in [-0.39, 0.29) is 12.8 Å². The Balaban J connectivity index is 1.71. The predicted molar refractivity (Wildman–Crippen MR) is 77.4 cm³/mol. The van der Waals surface area contributed by atoms with Crippen molar-refractivity contribution in [1.29, 1.82) is 0 Å². The van der Waals surface area contributed by atoms with E-state index in [9.17, 15) is 14.4 Å². The Bertz CT molecular complexity index is 723. The zero-order chi connectivity index (χ0) is 15.7. The van der Waals surface area contributed by atoms with Crippen LogP contribution in [0.4, 0.5) is 0 Å². The minimum absolute atomic E-state index is 0.0251. The Labute approximate surface area is 126 Å². The maximum absolute atomic E-state index is 12.2. The third-order valence-corrected chi connectivity index (χ3v) is 3.54. The number of amides is 2. The summed E-state index contributed by atoms with van der Waals surface area (Å²) in [5.41, 5.74) is 1.69. The molecule has 2 heterocycles. The standard InChI is InChI=1S/C15H13N3O4/c1-9-12(17-8-16-9)7-14(20)22-18-13(19)6-10-4-2-3-5-11(10)15(18)21/h2-5,8,12H,6-7H2,1H3. The van der Waals surface area contributed by atoms with Gasteiger partial charge in [0.25, 0.3) is 11.8 Å². The maximum atomic E-state index is 12.2. The molecule has 0 saturated carbocycles. The third-order valence-electron chi connectivity index (χ3n) is 3.54. The Hall–Kier alpha value is -2.83. The molecular formula is C15H13N3O4. The van der Waals surface area contributed by atoms with Gasteiger partial charge in [-0.25, -0.2) is 9.79 Å². The summed E-state index contributed by atoms with van der Waals surface area (Å²) in [6.07, 6.45) is 1.34. The second kappa shape index (κ2) is 5.51. The van der Waals surface area contributed by atoms with Crippen molar-refractivity contribution in [3.8, 4) is 0 Å². The molecule has 1 unspecified atom stereocenters. The van der Waals surface area contributed by atoms with Crippen molar-refractivity contribution in [3.63, 3.8) is 0 Å². The number of carbonyl (C=O) groups is 3. The van der Waals surface area contributed by atoms with E-state index in [2.05, 4.69) is 9.98 Å². The SMILES string of the molecule is CC1=NC=NC1CC(=O)ON1C(=O)Cc2ccccc2C1=O. The van der Waals surface area contributed by atoms with Gasteiger partial charge in [-0.05, 0) is 18.6 Å². The van der Waals surface area contributed by atoms with Gasteiger partial charge in [0.1, 0.15) is 12.4 Å². The number of fused-ring (bicyclic) bond motifs is 1. The van der Waals surface area contributed by atoms with Crippen LogP contribution in [0.1, 0.15) is 29.3 Å². The minimum Gasteiger partial charge on any atom is -0.330 e. The first-order valence-electron chi connectivity index (χ1n) is 6.78. The molecule has 0 fully saturated rings. The number of nitrogens with zero attached hydrogens (tertiary/aromatic N) is 3. The molecule has 7 nitrogen and oxygen atoms in total. The molecule has 0 radical (unpaired) electrons. The van der Waals surface area contributed by atoms with Gasteiger partial charge in [0.2, 0.25) is 0 Å². The lowest BCUT2D eigenvalue weighted by atomic mass is 10.00. The summed E-state index contributed by atoms with van der Waals surface area (Å²) in [5, 5.41) is 0.538. The monoisotopic (exact) mass is 299 g/mol. The summed E-state index contributed by atoms with van der Waals surface area (Å²) in [4.78, 5) is 49.0. The van der Waals surface area contributed by atoms with E-state index in [0.717, 1.165) is 0 Å². The van der Waals surface area contributed by atoms with Gasteiger partial charge < -0.3 is 4.84 Å². The van der Waals surface area contributed by atoms with Gasteiger partial charge in [-0.15, -0.1) is 0 Å². The van der Waals surface area contributed by atoms with Gasteiger partial charge in [-0.3, -0.25) is 14.6 Å².